The molecule has 0 saturated heterocycles. The van der Waals surface area contributed by atoms with E-state index in [0.717, 1.165) is 6.04 Å². The molecule has 0 aromatic heterocycles. The molecular formula is C11H18KN3O3Si. The van der Waals surface area contributed by atoms with E-state index in [-0.39, 0.29) is 58.1 Å². The van der Waals surface area contributed by atoms with Crippen LogP contribution in [0.3, 0.4) is 0 Å². The summed E-state index contributed by atoms with van der Waals surface area (Å²) < 4.78 is 9.77. The Morgan fingerprint density at radius 1 is 1.53 bits per heavy atom. The van der Waals surface area contributed by atoms with Crippen LogP contribution in [0.5, 0.6) is 0 Å². The maximum Gasteiger partial charge on any atom is 1.00 e. The van der Waals surface area contributed by atoms with Gasteiger partial charge in [-0.1, -0.05) is 19.6 Å². The molecule has 8 heteroatoms. The van der Waals surface area contributed by atoms with Crippen molar-refractivity contribution >= 4 is 14.0 Å². The van der Waals surface area contributed by atoms with Gasteiger partial charge >= 0.3 is 57.4 Å². The second-order valence-corrected chi connectivity index (χ2v) is 10.8. The number of nitrogens with zero attached hydrogens (tertiary/aromatic N) is 3. The van der Waals surface area contributed by atoms with Crippen molar-refractivity contribution in [1.82, 2.24) is 4.90 Å². The van der Waals surface area contributed by atoms with E-state index in [0.29, 0.717) is 6.61 Å². The van der Waals surface area contributed by atoms with Gasteiger partial charge in [0.1, 0.15) is 6.73 Å². The van der Waals surface area contributed by atoms with Crippen LogP contribution in [-0.2, 0) is 14.3 Å². The number of hydrogen-bond donors (Lipinski definition) is 0. The van der Waals surface area contributed by atoms with Gasteiger partial charge in [-0.3, -0.25) is 4.79 Å². The molecule has 0 radical (unpaired) electrons. The molecule has 0 aromatic carbocycles. The summed E-state index contributed by atoms with van der Waals surface area (Å²) in [6, 6.07) is 1.06. The summed E-state index contributed by atoms with van der Waals surface area (Å²) in [7, 11) is -1.11. The first kappa shape index (κ1) is 19.1. The molecule has 0 N–H and O–H groups in total. The molecule has 0 fully saturated rings. The minimum atomic E-state index is -1.11. The SMILES string of the molecule is C[Si](C)(C)CCOCN1C=C[N-]C1C(=O)OC#N.[K+]. The molecule has 0 saturated carbocycles. The Morgan fingerprint density at radius 3 is 2.79 bits per heavy atom. The number of esters is 1. The Hall–Kier alpha value is 0.113. The van der Waals surface area contributed by atoms with Gasteiger partial charge in [-0.2, -0.15) is 6.20 Å². The fraction of sp³-hybridized carbons (Fsp3) is 0.636. The van der Waals surface area contributed by atoms with Crippen LogP contribution in [0.25, 0.3) is 5.32 Å². The van der Waals surface area contributed by atoms with Crippen LogP contribution in [0, 0.1) is 11.5 Å². The first-order valence-corrected chi connectivity index (χ1v) is 9.45. The minimum absolute atomic E-state index is 0. The topological polar surface area (TPSA) is 76.7 Å². The van der Waals surface area contributed by atoms with E-state index in [2.05, 4.69) is 29.7 Å². The molecule has 100 valence electrons. The van der Waals surface area contributed by atoms with Gasteiger partial charge in [-0.25, -0.2) is 0 Å². The van der Waals surface area contributed by atoms with E-state index in [1.165, 1.54) is 12.5 Å². The molecule has 1 aliphatic heterocycles. The second kappa shape index (κ2) is 9.12. The summed E-state index contributed by atoms with van der Waals surface area (Å²) in [5.74, 6) is -0.684. The van der Waals surface area contributed by atoms with Crippen LogP contribution in [0.1, 0.15) is 0 Å². The fourth-order valence-electron chi connectivity index (χ4n) is 1.33. The van der Waals surface area contributed by atoms with E-state index in [9.17, 15) is 4.79 Å². The average Bonchev–Trinajstić information content (AvgIpc) is 2.71. The fourth-order valence-corrected chi connectivity index (χ4v) is 2.09. The molecule has 0 aliphatic carbocycles. The molecule has 0 bridgehead atoms. The molecule has 0 aromatic rings. The van der Waals surface area contributed by atoms with Crippen LogP contribution < -0.4 is 51.4 Å². The first-order chi connectivity index (χ1) is 8.44. The Balaban J connectivity index is 0.00000324. The van der Waals surface area contributed by atoms with Crippen molar-refractivity contribution in [2.75, 3.05) is 13.3 Å². The summed E-state index contributed by atoms with van der Waals surface area (Å²) in [4.78, 5) is 13.0. The number of hydrogen-bond acceptors (Lipinski definition) is 5. The number of rotatable bonds is 6. The van der Waals surface area contributed by atoms with Crippen molar-refractivity contribution in [1.29, 1.82) is 5.26 Å². The van der Waals surface area contributed by atoms with Gasteiger partial charge in [0.15, 0.2) is 0 Å². The van der Waals surface area contributed by atoms with Crippen molar-refractivity contribution in [2.24, 2.45) is 0 Å². The van der Waals surface area contributed by atoms with E-state index in [4.69, 9.17) is 10.00 Å². The smallest absolute Gasteiger partial charge is 0.661 e. The zero-order valence-electron chi connectivity index (χ0n) is 11.9. The maximum absolute atomic E-state index is 11.4. The Kier molecular flexibility index (Phi) is 9.18. The third kappa shape index (κ3) is 7.46. The van der Waals surface area contributed by atoms with Crippen molar-refractivity contribution in [3.8, 4) is 6.26 Å². The maximum atomic E-state index is 11.4. The zero-order chi connectivity index (χ0) is 13.6. The average molecular weight is 307 g/mol. The van der Waals surface area contributed by atoms with Crippen molar-refractivity contribution in [3.05, 3.63) is 17.7 Å². The summed E-state index contributed by atoms with van der Waals surface area (Å²) >= 11 is 0. The van der Waals surface area contributed by atoms with Crippen molar-refractivity contribution in [3.63, 3.8) is 0 Å². The molecule has 0 spiro atoms. The van der Waals surface area contributed by atoms with Gasteiger partial charge < -0.3 is 19.7 Å². The molecular weight excluding hydrogens is 289 g/mol. The molecule has 0 amide bonds. The second-order valence-electron chi connectivity index (χ2n) is 5.20. The molecule has 1 heterocycles. The van der Waals surface area contributed by atoms with Gasteiger partial charge in [-0.15, -0.1) is 5.26 Å². The number of carbonyl (C=O) groups excluding carboxylic acids is 1. The van der Waals surface area contributed by atoms with Crippen LogP contribution in [-0.4, -0.2) is 38.4 Å². The number of nitriles is 1. The van der Waals surface area contributed by atoms with Gasteiger partial charge in [-0.05, 0) is 12.2 Å². The standard InChI is InChI=1S/C11H18N3O3Si.K/c1-18(2,3)7-6-16-9-14-5-4-13-10(14)11(15)17-8-12;/h4-5,10H,6-7,9H2,1-3H3;/q-1;+1. The van der Waals surface area contributed by atoms with Crippen LogP contribution in [0.2, 0.25) is 25.7 Å². The summed E-state index contributed by atoms with van der Waals surface area (Å²) in [6.07, 6.45) is 3.71. The number of carbonyl (C=O) groups is 1. The monoisotopic (exact) mass is 307 g/mol. The van der Waals surface area contributed by atoms with Crippen LogP contribution >= 0.6 is 0 Å². The normalized spacial score (nSPS) is 17.4. The summed E-state index contributed by atoms with van der Waals surface area (Å²) in [5, 5.41) is 12.2. The van der Waals surface area contributed by atoms with Gasteiger partial charge in [0.2, 0.25) is 0 Å². The van der Waals surface area contributed by atoms with Crippen LogP contribution in [0.15, 0.2) is 12.4 Å². The Morgan fingerprint density at radius 2 is 2.21 bits per heavy atom. The van der Waals surface area contributed by atoms with Gasteiger partial charge in [0, 0.05) is 14.7 Å². The predicted octanol–water partition coefficient (Wildman–Crippen LogP) is -1.19. The molecule has 1 atom stereocenters. The minimum Gasteiger partial charge on any atom is -0.661 e. The van der Waals surface area contributed by atoms with Crippen molar-refractivity contribution in [2.45, 2.75) is 31.9 Å². The Labute approximate surface area is 157 Å². The summed E-state index contributed by atoms with van der Waals surface area (Å²) in [5.41, 5.74) is 0. The molecule has 1 rings (SSSR count). The third-order valence-corrected chi connectivity index (χ3v) is 4.10. The largest absolute Gasteiger partial charge is 1.00 e. The van der Waals surface area contributed by atoms with Crippen molar-refractivity contribution < 1.29 is 65.7 Å². The van der Waals surface area contributed by atoms with Gasteiger partial charge in [0.05, 0.1) is 6.17 Å². The quantitative estimate of drug-likeness (QED) is 0.267. The molecule has 1 aliphatic rings. The third-order valence-electron chi connectivity index (χ3n) is 2.39. The van der Waals surface area contributed by atoms with Gasteiger partial charge in [0.25, 0.3) is 6.26 Å². The molecule has 6 nitrogen and oxygen atoms in total. The van der Waals surface area contributed by atoms with E-state index >= 15 is 0 Å². The zero-order valence-corrected chi connectivity index (χ0v) is 16.0. The summed E-state index contributed by atoms with van der Waals surface area (Å²) in [6.45, 7) is 7.76. The van der Waals surface area contributed by atoms with Crippen LogP contribution in [0.4, 0.5) is 0 Å². The molecule has 19 heavy (non-hydrogen) atoms. The number of ether oxygens (including phenoxy) is 2. The Bertz CT molecular complexity index is 365. The predicted molar refractivity (Wildman–Crippen MR) is 68.8 cm³/mol. The first-order valence-electron chi connectivity index (χ1n) is 5.74. The van der Waals surface area contributed by atoms with E-state index in [1.807, 2.05) is 0 Å². The molecule has 1 unspecified atom stereocenters. The van der Waals surface area contributed by atoms with E-state index in [1.54, 1.807) is 11.1 Å². The van der Waals surface area contributed by atoms with E-state index < -0.39 is 20.2 Å².